The van der Waals surface area contributed by atoms with E-state index in [9.17, 15) is 9.59 Å². The van der Waals surface area contributed by atoms with Gasteiger partial charge in [0.1, 0.15) is 5.41 Å². The van der Waals surface area contributed by atoms with Gasteiger partial charge >= 0.3 is 0 Å². The number of amides is 2. The molecule has 0 spiro atoms. The highest BCUT2D eigenvalue weighted by Gasteiger charge is 2.42. The van der Waals surface area contributed by atoms with Crippen molar-refractivity contribution in [1.82, 2.24) is 9.97 Å². The Morgan fingerprint density at radius 3 is 1.55 bits per heavy atom. The molecule has 0 atom stereocenters. The van der Waals surface area contributed by atoms with E-state index in [0.29, 0.717) is 12.8 Å². The Morgan fingerprint density at radius 1 is 0.724 bits per heavy atom. The smallest absolute Gasteiger partial charge is 0.233 e. The molecule has 0 bridgehead atoms. The first kappa shape index (κ1) is 18.8. The number of aromatic amines is 2. The van der Waals surface area contributed by atoms with E-state index in [1.165, 1.54) is 0 Å². The van der Waals surface area contributed by atoms with Crippen LogP contribution in [0, 0.1) is 5.41 Å². The maximum Gasteiger partial charge on any atom is 0.233 e. The number of nitrogens with two attached hydrogens (primary N) is 2. The van der Waals surface area contributed by atoms with E-state index in [-0.39, 0.29) is 12.8 Å². The highest BCUT2D eigenvalue weighted by atomic mass is 16.2. The predicted octanol–water partition coefficient (Wildman–Crippen LogP) is 3.17. The molecule has 0 radical (unpaired) electrons. The minimum Gasteiger partial charge on any atom is -0.369 e. The van der Waals surface area contributed by atoms with Crippen LogP contribution in [0.2, 0.25) is 0 Å². The predicted molar refractivity (Wildman–Crippen MR) is 114 cm³/mol. The number of rotatable bonds is 8. The molecular weight excluding hydrogens is 364 g/mol. The third-order valence-corrected chi connectivity index (χ3v) is 5.94. The Bertz CT molecular complexity index is 1090. The number of aromatic nitrogens is 2. The maximum absolute atomic E-state index is 12.4. The number of fused-ring (bicyclic) bond motifs is 2. The molecule has 4 aromatic rings. The van der Waals surface area contributed by atoms with Gasteiger partial charge in [0.05, 0.1) is 0 Å². The molecule has 0 aliphatic heterocycles. The van der Waals surface area contributed by atoms with E-state index in [0.717, 1.165) is 32.9 Å². The van der Waals surface area contributed by atoms with Crippen LogP contribution in [0.3, 0.4) is 0 Å². The lowest BCUT2D eigenvalue weighted by Gasteiger charge is -2.27. The molecule has 0 fully saturated rings. The summed E-state index contributed by atoms with van der Waals surface area (Å²) < 4.78 is 0. The largest absolute Gasteiger partial charge is 0.369 e. The maximum atomic E-state index is 12.4. The molecule has 6 heteroatoms. The van der Waals surface area contributed by atoms with Gasteiger partial charge in [-0.05, 0) is 48.9 Å². The van der Waals surface area contributed by atoms with Gasteiger partial charge in [-0.3, -0.25) is 9.59 Å². The normalized spacial score (nSPS) is 11.9. The summed E-state index contributed by atoms with van der Waals surface area (Å²) >= 11 is 0. The molecule has 148 valence electrons. The highest BCUT2D eigenvalue weighted by molar-refractivity contribution is 6.03. The number of hydrogen-bond donors (Lipinski definition) is 4. The van der Waals surface area contributed by atoms with Gasteiger partial charge in [-0.2, -0.15) is 0 Å². The van der Waals surface area contributed by atoms with Gasteiger partial charge < -0.3 is 21.4 Å². The summed E-state index contributed by atoms with van der Waals surface area (Å²) in [7, 11) is 0. The average Bonchev–Trinajstić information content (AvgIpc) is 3.32. The number of para-hydroxylation sites is 2. The zero-order valence-corrected chi connectivity index (χ0v) is 16.1. The van der Waals surface area contributed by atoms with Crippen molar-refractivity contribution < 1.29 is 9.59 Å². The zero-order valence-electron chi connectivity index (χ0n) is 16.1. The second-order valence-electron chi connectivity index (χ2n) is 7.53. The molecule has 6 N–H and O–H groups in total. The topological polar surface area (TPSA) is 118 Å². The number of H-pyrrole nitrogens is 2. The SMILES string of the molecule is NC(=O)C(CCc1c[nH]c2ccccc12)(CCc1c[nH]c2ccccc12)C(N)=O. The number of benzene rings is 2. The zero-order chi connectivity index (χ0) is 20.4. The van der Waals surface area contributed by atoms with Crippen LogP contribution >= 0.6 is 0 Å². The Morgan fingerprint density at radius 2 is 1.14 bits per heavy atom. The van der Waals surface area contributed by atoms with Crippen LogP contribution in [0.15, 0.2) is 60.9 Å². The summed E-state index contributed by atoms with van der Waals surface area (Å²) in [5.41, 5.74) is 14.2. The fourth-order valence-electron chi connectivity index (χ4n) is 4.11. The average molecular weight is 388 g/mol. The van der Waals surface area contributed by atoms with Gasteiger partial charge in [-0.15, -0.1) is 0 Å². The molecular formula is C23H24N4O2. The van der Waals surface area contributed by atoms with Crippen LogP contribution in [-0.2, 0) is 22.4 Å². The third kappa shape index (κ3) is 3.38. The number of carbonyl (C=O) groups is 2. The van der Waals surface area contributed by atoms with Crippen molar-refractivity contribution in [2.24, 2.45) is 16.9 Å². The first-order chi connectivity index (χ1) is 14.0. The van der Waals surface area contributed by atoms with Crippen LogP contribution < -0.4 is 11.5 Å². The molecule has 2 aromatic carbocycles. The third-order valence-electron chi connectivity index (χ3n) is 5.94. The van der Waals surface area contributed by atoms with E-state index >= 15 is 0 Å². The van der Waals surface area contributed by atoms with Crippen molar-refractivity contribution >= 4 is 33.6 Å². The molecule has 0 saturated heterocycles. The van der Waals surface area contributed by atoms with Gasteiger partial charge in [-0.25, -0.2) is 0 Å². The number of nitrogens with one attached hydrogen (secondary N) is 2. The summed E-state index contributed by atoms with van der Waals surface area (Å²) in [6.45, 7) is 0. The van der Waals surface area contributed by atoms with E-state index in [1.807, 2.05) is 60.9 Å². The minimum absolute atomic E-state index is 0.280. The van der Waals surface area contributed by atoms with E-state index in [2.05, 4.69) is 9.97 Å². The van der Waals surface area contributed by atoms with Crippen LogP contribution in [-0.4, -0.2) is 21.8 Å². The molecule has 4 rings (SSSR count). The lowest BCUT2D eigenvalue weighted by molar-refractivity contribution is -0.140. The number of carbonyl (C=O) groups excluding carboxylic acids is 2. The van der Waals surface area contributed by atoms with Crippen LogP contribution in [0.5, 0.6) is 0 Å². The second kappa shape index (κ2) is 7.47. The van der Waals surface area contributed by atoms with Gasteiger partial charge in [0.2, 0.25) is 11.8 Å². The Balaban J connectivity index is 1.58. The van der Waals surface area contributed by atoms with Crippen LogP contribution in [0.4, 0.5) is 0 Å². The Kier molecular flexibility index (Phi) is 4.84. The number of aryl methyl sites for hydroxylation is 2. The number of primary amides is 2. The van der Waals surface area contributed by atoms with Crippen molar-refractivity contribution in [3.63, 3.8) is 0 Å². The first-order valence-corrected chi connectivity index (χ1v) is 9.71. The van der Waals surface area contributed by atoms with Crippen molar-refractivity contribution in [3.05, 3.63) is 72.1 Å². The molecule has 0 unspecified atom stereocenters. The quantitative estimate of drug-likeness (QED) is 0.347. The van der Waals surface area contributed by atoms with Gasteiger partial charge in [0.15, 0.2) is 0 Å². The van der Waals surface area contributed by atoms with Crippen LogP contribution in [0.25, 0.3) is 21.8 Å². The molecule has 2 heterocycles. The van der Waals surface area contributed by atoms with Crippen molar-refractivity contribution in [1.29, 1.82) is 0 Å². The first-order valence-electron chi connectivity index (χ1n) is 9.71. The summed E-state index contributed by atoms with van der Waals surface area (Å²) in [6.07, 6.45) is 5.45. The van der Waals surface area contributed by atoms with Gasteiger partial charge in [0, 0.05) is 34.2 Å². The van der Waals surface area contributed by atoms with Crippen LogP contribution in [0.1, 0.15) is 24.0 Å². The van der Waals surface area contributed by atoms with Crippen molar-refractivity contribution in [3.8, 4) is 0 Å². The lowest BCUT2D eigenvalue weighted by atomic mass is 9.76. The second-order valence-corrected chi connectivity index (χ2v) is 7.53. The van der Waals surface area contributed by atoms with Crippen molar-refractivity contribution in [2.45, 2.75) is 25.7 Å². The van der Waals surface area contributed by atoms with Gasteiger partial charge in [-0.1, -0.05) is 36.4 Å². The molecule has 29 heavy (non-hydrogen) atoms. The Labute approximate surface area is 168 Å². The van der Waals surface area contributed by atoms with E-state index in [1.54, 1.807) is 0 Å². The fourth-order valence-corrected chi connectivity index (χ4v) is 4.11. The summed E-state index contributed by atoms with van der Waals surface area (Å²) in [4.78, 5) is 31.3. The minimum atomic E-state index is -1.39. The molecule has 2 aromatic heterocycles. The van der Waals surface area contributed by atoms with Gasteiger partial charge in [0.25, 0.3) is 0 Å². The monoisotopic (exact) mass is 388 g/mol. The summed E-state index contributed by atoms with van der Waals surface area (Å²) in [5, 5.41) is 2.15. The standard InChI is InChI=1S/C23H24N4O2/c24-21(28)23(22(25)29,11-9-15-13-26-19-7-3-1-5-17(15)19)12-10-16-14-27-20-8-4-2-6-18(16)20/h1-8,13-14,26-27H,9-12H2,(H2,24,28)(H2,25,29). The fraction of sp³-hybridized carbons (Fsp3) is 0.217. The van der Waals surface area contributed by atoms with E-state index in [4.69, 9.17) is 11.5 Å². The highest BCUT2D eigenvalue weighted by Crippen LogP contribution is 2.33. The van der Waals surface area contributed by atoms with E-state index < -0.39 is 17.2 Å². The lowest BCUT2D eigenvalue weighted by Crippen LogP contribution is -2.48. The molecule has 2 amide bonds. The summed E-state index contributed by atoms with van der Waals surface area (Å²) in [6, 6.07) is 15.9. The molecule has 0 aliphatic rings. The van der Waals surface area contributed by atoms with Crippen molar-refractivity contribution in [2.75, 3.05) is 0 Å². The molecule has 0 saturated carbocycles. The number of hydrogen-bond acceptors (Lipinski definition) is 2. The summed E-state index contributed by atoms with van der Waals surface area (Å²) in [5.74, 6) is -1.32. The Hall–Kier alpha value is -3.54. The molecule has 6 nitrogen and oxygen atoms in total. The molecule has 0 aliphatic carbocycles.